The lowest BCUT2D eigenvalue weighted by Crippen LogP contribution is -2.18. The summed E-state index contributed by atoms with van der Waals surface area (Å²) in [4.78, 5) is 0. The molecular formula is C14H12Cl2IN. The molecule has 1 nitrogen and oxygen atoms in total. The van der Waals surface area contributed by atoms with E-state index in [1.807, 2.05) is 43.4 Å². The summed E-state index contributed by atoms with van der Waals surface area (Å²) in [6, 6.07) is 13.9. The van der Waals surface area contributed by atoms with Gasteiger partial charge in [-0.3, -0.25) is 0 Å². The van der Waals surface area contributed by atoms with E-state index in [0.29, 0.717) is 0 Å². The highest BCUT2D eigenvalue weighted by Crippen LogP contribution is 2.29. The van der Waals surface area contributed by atoms with E-state index in [1.54, 1.807) is 0 Å². The molecule has 0 saturated heterocycles. The zero-order valence-corrected chi connectivity index (χ0v) is 13.4. The van der Waals surface area contributed by atoms with Gasteiger partial charge in [-0.2, -0.15) is 0 Å². The van der Waals surface area contributed by atoms with Crippen LogP contribution in [0.5, 0.6) is 0 Å². The van der Waals surface area contributed by atoms with E-state index >= 15 is 0 Å². The van der Waals surface area contributed by atoms with Crippen LogP contribution in [-0.4, -0.2) is 7.05 Å². The van der Waals surface area contributed by atoms with Gasteiger partial charge in [0.25, 0.3) is 0 Å². The Hall–Kier alpha value is -0.290. The van der Waals surface area contributed by atoms with Gasteiger partial charge in [-0.15, -0.1) is 0 Å². The molecule has 0 fully saturated rings. The van der Waals surface area contributed by atoms with Gasteiger partial charge < -0.3 is 5.32 Å². The second kappa shape index (κ2) is 6.24. The van der Waals surface area contributed by atoms with Gasteiger partial charge in [-0.05, 0) is 71.1 Å². The summed E-state index contributed by atoms with van der Waals surface area (Å²) in [5.74, 6) is 0. The van der Waals surface area contributed by atoms with Crippen LogP contribution in [0, 0.1) is 3.57 Å². The minimum Gasteiger partial charge on any atom is -0.309 e. The Balaban J connectivity index is 2.48. The van der Waals surface area contributed by atoms with Crippen molar-refractivity contribution < 1.29 is 0 Å². The first kappa shape index (κ1) is 14.1. The van der Waals surface area contributed by atoms with Crippen LogP contribution in [0.2, 0.25) is 10.0 Å². The second-order valence-electron chi connectivity index (χ2n) is 3.94. The Morgan fingerprint density at radius 2 is 1.78 bits per heavy atom. The SMILES string of the molecule is CNC(c1cccc(Cl)c1)c1cc(Cl)ccc1I. The number of hydrogen-bond acceptors (Lipinski definition) is 1. The first-order valence-corrected chi connectivity index (χ1v) is 7.33. The molecule has 0 bridgehead atoms. The molecular weight excluding hydrogens is 380 g/mol. The maximum Gasteiger partial charge on any atom is 0.0585 e. The molecule has 0 amide bonds. The van der Waals surface area contributed by atoms with Gasteiger partial charge in [0.1, 0.15) is 0 Å². The lowest BCUT2D eigenvalue weighted by Gasteiger charge is -2.19. The minimum absolute atomic E-state index is 0.0919. The van der Waals surface area contributed by atoms with Crippen molar-refractivity contribution >= 4 is 45.8 Å². The summed E-state index contributed by atoms with van der Waals surface area (Å²) >= 11 is 14.4. The van der Waals surface area contributed by atoms with Crippen LogP contribution in [0.25, 0.3) is 0 Å². The lowest BCUT2D eigenvalue weighted by molar-refractivity contribution is 0.689. The number of halogens is 3. The topological polar surface area (TPSA) is 12.0 Å². The third kappa shape index (κ3) is 3.18. The van der Waals surface area contributed by atoms with Crippen LogP contribution < -0.4 is 5.32 Å². The van der Waals surface area contributed by atoms with E-state index in [-0.39, 0.29) is 6.04 Å². The van der Waals surface area contributed by atoms with Gasteiger partial charge in [-0.25, -0.2) is 0 Å². The Morgan fingerprint density at radius 3 is 2.44 bits per heavy atom. The summed E-state index contributed by atoms with van der Waals surface area (Å²) in [5.41, 5.74) is 2.29. The highest BCUT2D eigenvalue weighted by Gasteiger charge is 2.15. The van der Waals surface area contributed by atoms with Crippen LogP contribution in [-0.2, 0) is 0 Å². The highest BCUT2D eigenvalue weighted by atomic mass is 127. The van der Waals surface area contributed by atoms with Crippen LogP contribution in [0.15, 0.2) is 42.5 Å². The maximum absolute atomic E-state index is 6.08. The van der Waals surface area contributed by atoms with E-state index in [1.165, 1.54) is 3.57 Å². The van der Waals surface area contributed by atoms with E-state index in [4.69, 9.17) is 23.2 Å². The first-order chi connectivity index (χ1) is 8.61. The van der Waals surface area contributed by atoms with Gasteiger partial charge >= 0.3 is 0 Å². The van der Waals surface area contributed by atoms with Gasteiger partial charge in [0.05, 0.1) is 6.04 Å². The molecule has 2 aromatic rings. The molecule has 0 spiro atoms. The molecule has 0 saturated carbocycles. The Kier molecular flexibility index (Phi) is 4.90. The van der Waals surface area contributed by atoms with Crippen molar-refractivity contribution in [2.24, 2.45) is 0 Å². The van der Waals surface area contributed by atoms with Gasteiger partial charge in [0.2, 0.25) is 0 Å². The molecule has 94 valence electrons. The molecule has 0 aliphatic rings. The molecule has 2 aromatic carbocycles. The number of hydrogen-bond donors (Lipinski definition) is 1. The zero-order chi connectivity index (χ0) is 13.1. The maximum atomic E-state index is 6.08. The zero-order valence-electron chi connectivity index (χ0n) is 9.75. The van der Waals surface area contributed by atoms with E-state index in [9.17, 15) is 0 Å². The third-order valence-electron chi connectivity index (χ3n) is 2.74. The van der Waals surface area contributed by atoms with Crippen molar-refractivity contribution in [3.8, 4) is 0 Å². The van der Waals surface area contributed by atoms with Crippen molar-refractivity contribution in [1.29, 1.82) is 0 Å². The quantitative estimate of drug-likeness (QED) is 0.733. The normalized spacial score (nSPS) is 12.4. The molecule has 1 atom stereocenters. The third-order valence-corrected chi connectivity index (χ3v) is 4.19. The molecule has 1 unspecified atom stereocenters. The Labute approximate surface area is 131 Å². The summed E-state index contributed by atoms with van der Waals surface area (Å²) in [5, 5.41) is 4.79. The summed E-state index contributed by atoms with van der Waals surface area (Å²) in [6.07, 6.45) is 0. The predicted octanol–water partition coefficient (Wildman–Crippen LogP) is 4.91. The van der Waals surface area contributed by atoms with Crippen molar-refractivity contribution in [1.82, 2.24) is 5.32 Å². The van der Waals surface area contributed by atoms with Crippen molar-refractivity contribution in [2.45, 2.75) is 6.04 Å². The Bertz CT molecular complexity index is 557. The van der Waals surface area contributed by atoms with Crippen molar-refractivity contribution in [3.63, 3.8) is 0 Å². The van der Waals surface area contributed by atoms with Crippen molar-refractivity contribution in [3.05, 3.63) is 67.2 Å². The highest BCUT2D eigenvalue weighted by molar-refractivity contribution is 14.1. The summed E-state index contributed by atoms with van der Waals surface area (Å²) in [6.45, 7) is 0. The fourth-order valence-corrected chi connectivity index (χ4v) is 2.95. The summed E-state index contributed by atoms with van der Waals surface area (Å²) in [7, 11) is 1.93. The standard InChI is InChI=1S/C14H12Cl2IN/c1-18-14(9-3-2-4-10(15)7-9)12-8-11(16)5-6-13(12)17/h2-8,14,18H,1H3. The van der Waals surface area contributed by atoms with Crippen LogP contribution in [0.1, 0.15) is 17.2 Å². The monoisotopic (exact) mass is 391 g/mol. The average Bonchev–Trinajstić information content (AvgIpc) is 2.35. The van der Waals surface area contributed by atoms with Crippen LogP contribution in [0.4, 0.5) is 0 Å². The van der Waals surface area contributed by atoms with Gasteiger partial charge in [0, 0.05) is 13.6 Å². The fraction of sp³-hybridized carbons (Fsp3) is 0.143. The molecule has 2 rings (SSSR count). The molecule has 0 aliphatic heterocycles. The molecule has 0 aromatic heterocycles. The summed E-state index contributed by atoms with van der Waals surface area (Å²) < 4.78 is 1.18. The van der Waals surface area contributed by atoms with Gasteiger partial charge in [-0.1, -0.05) is 35.3 Å². The number of rotatable bonds is 3. The van der Waals surface area contributed by atoms with E-state index in [0.717, 1.165) is 21.2 Å². The molecule has 0 heterocycles. The van der Waals surface area contributed by atoms with E-state index in [2.05, 4.69) is 34.0 Å². The molecule has 18 heavy (non-hydrogen) atoms. The smallest absolute Gasteiger partial charge is 0.0585 e. The molecule has 4 heteroatoms. The Morgan fingerprint density at radius 1 is 1.06 bits per heavy atom. The fourth-order valence-electron chi connectivity index (χ4n) is 1.92. The van der Waals surface area contributed by atoms with E-state index < -0.39 is 0 Å². The number of nitrogens with one attached hydrogen (secondary N) is 1. The largest absolute Gasteiger partial charge is 0.309 e. The lowest BCUT2D eigenvalue weighted by atomic mass is 9.99. The molecule has 0 radical (unpaired) electrons. The molecule has 0 aliphatic carbocycles. The average molecular weight is 392 g/mol. The van der Waals surface area contributed by atoms with Crippen LogP contribution in [0.3, 0.4) is 0 Å². The number of benzene rings is 2. The predicted molar refractivity (Wildman–Crippen MR) is 86.5 cm³/mol. The van der Waals surface area contributed by atoms with Gasteiger partial charge in [0.15, 0.2) is 0 Å². The molecule has 1 N–H and O–H groups in total. The minimum atomic E-state index is 0.0919. The van der Waals surface area contributed by atoms with Crippen LogP contribution >= 0.6 is 45.8 Å². The first-order valence-electron chi connectivity index (χ1n) is 5.49. The van der Waals surface area contributed by atoms with Crippen molar-refractivity contribution in [2.75, 3.05) is 7.05 Å². The second-order valence-corrected chi connectivity index (χ2v) is 5.98.